The van der Waals surface area contributed by atoms with Crippen LogP contribution in [0.15, 0.2) is 12.1 Å². The quantitative estimate of drug-likeness (QED) is 0.766. The van der Waals surface area contributed by atoms with Crippen LogP contribution in [0.5, 0.6) is 5.75 Å². The maximum atomic E-state index is 11.2. The van der Waals surface area contributed by atoms with Gasteiger partial charge in [-0.15, -0.1) is 0 Å². The molecule has 0 aromatic heterocycles. The summed E-state index contributed by atoms with van der Waals surface area (Å²) in [7, 11) is 2.90. The molecule has 1 amide bonds. The molecule has 0 aliphatic heterocycles. The second-order valence-electron chi connectivity index (χ2n) is 2.91. The summed E-state index contributed by atoms with van der Waals surface area (Å²) < 4.78 is 4.96. The molecule has 0 aliphatic rings. The zero-order chi connectivity index (χ0) is 12.3. The van der Waals surface area contributed by atoms with Crippen molar-refractivity contribution in [2.24, 2.45) is 0 Å². The molecule has 0 atom stereocenters. The van der Waals surface area contributed by atoms with E-state index in [4.69, 9.17) is 33.2 Å². The number of nitrogens with zero attached hydrogens (tertiary/aromatic N) is 2. The van der Waals surface area contributed by atoms with Gasteiger partial charge in [-0.3, -0.25) is 4.79 Å². The number of carbonyl (C=O) groups excluding carboxylic acids is 1. The SMILES string of the molecule is COc1cc(Cl)c(N(C)C(=O)C#N)cc1Cl. The molecule has 0 aliphatic carbocycles. The van der Waals surface area contributed by atoms with Gasteiger partial charge < -0.3 is 9.64 Å². The average molecular weight is 259 g/mol. The van der Waals surface area contributed by atoms with Gasteiger partial charge in [-0.1, -0.05) is 23.2 Å². The second kappa shape index (κ2) is 5.06. The highest BCUT2D eigenvalue weighted by Gasteiger charge is 2.15. The Bertz CT molecular complexity index is 469. The molecule has 0 saturated carbocycles. The number of anilines is 1. The summed E-state index contributed by atoms with van der Waals surface area (Å²) in [5.41, 5.74) is 0.360. The predicted molar refractivity (Wildman–Crippen MR) is 62.0 cm³/mol. The Labute approximate surface area is 103 Å². The second-order valence-corrected chi connectivity index (χ2v) is 3.73. The lowest BCUT2D eigenvalue weighted by molar-refractivity contribution is -0.113. The van der Waals surface area contributed by atoms with Crippen LogP contribution in [0.4, 0.5) is 5.69 Å². The molecule has 0 N–H and O–H groups in total. The molecule has 16 heavy (non-hydrogen) atoms. The number of halogens is 2. The summed E-state index contributed by atoms with van der Waals surface area (Å²) in [6.07, 6.45) is 0. The van der Waals surface area contributed by atoms with Gasteiger partial charge in [0.15, 0.2) is 6.07 Å². The minimum absolute atomic E-state index is 0.285. The first-order valence-electron chi connectivity index (χ1n) is 4.22. The van der Waals surface area contributed by atoms with E-state index in [9.17, 15) is 4.79 Å². The van der Waals surface area contributed by atoms with E-state index in [0.717, 1.165) is 4.90 Å². The molecule has 0 spiro atoms. The zero-order valence-corrected chi connectivity index (χ0v) is 10.1. The van der Waals surface area contributed by atoms with Crippen molar-refractivity contribution in [2.45, 2.75) is 0 Å². The maximum Gasteiger partial charge on any atom is 0.329 e. The molecule has 0 heterocycles. The number of rotatable bonds is 2. The highest BCUT2D eigenvalue weighted by molar-refractivity contribution is 6.37. The fourth-order valence-electron chi connectivity index (χ4n) is 1.12. The zero-order valence-electron chi connectivity index (χ0n) is 8.62. The number of nitriles is 1. The summed E-state index contributed by atoms with van der Waals surface area (Å²) in [4.78, 5) is 12.3. The van der Waals surface area contributed by atoms with E-state index in [-0.39, 0.29) is 5.02 Å². The summed E-state index contributed by atoms with van der Waals surface area (Å²) >= 11 is 11.8. The van der Waals surface area contributed by atoms with Crippen molar-refractivity contribution in [1.82, 2.24) is 0 Å². The Balaban J connectivity index is 3.22. The molecular formula is C10H8Cl2N2O2. The van der Waals surface area contributed by atoms with Crippen molar-refractivity contribution in [1.29, 1.82) is 5.26 Å². The van der Waals surface area contributed by atoms with Crippen molar-refractivity contribution in [2.75, 3.05) is 19.1 Å². The normalized spacial score (nSPS) is 9.44. The van der Waals surface area contributed by atoms with E-state index in [1.54, 1.807) is 0 Å². The van der Waals surface area contributed by atoms with Crippen LogP contribution in [0.2, 0.25) is 10.0 Å². The lowest BCUT2D eigenvalue weighted by Crippen LogP contribution is -2.24. The summed E-state index contributed by atoms with van der Waals surface area (Å²) in [5.74, 6) is -0.309. The monoisotopic (exact) mass is 258 g/mol. The van der Waals surface area contributed by atoms with Crippen molar-refractivity contribution in [3.05, 3.63) is 22.2 Å². The minimum Gasteiger partial charge on any atom is -0.495 e. The summed E-state index contributed by atoms with van der Waals surface area (Å²) in [5, 5.41) is 9.09. The van der Waals surface area contributed by atoms with Crippen molar-refractivity contribution in [3.63, 3.8) is 0 Å². The molecule has 1 aromatic carbocycles. The van der Waals surface area contributed by atoms with Crippen molar-refractivity contribution in [3.8, 4) is 11.8 Å². The van der Waals surface area contributed by atoms with Gasteiger partial charge >= 0.3 is 5.91 Å². The number of carbonyl (C=O) groups is 1. The largest absolute Gasteiger partial charge is 0.495 e. The third-order valence-electron chi connectivity index (χ3n) is 1.98. The standard InChI is InChI=1S/C10H8Cl2N2O2/c1-14(10(15)5-13)8-3-7(12)9(16-2)4-6(8)11/h3-4H,1-2H3. The van der Waals surface area contributed by atoms with Gasteiger partial charge in [0, 0.05) is 13.1 Å². The molecule has 0 unspecified atom stereocenters. The van der Waals surface area contributed by atoms with E-state index in [1.165, 1.54) is 32.4 Å². The summed E-state index contributed by atoms with van der Waals surface area (Å²) in [6.45, 7) is 0. The number of amides is 1. The molecular weight excluding hydrogens is 251 g/mol. The number of benzene rings is 1. The van der Waals surface area contributed by atoms with E-state index in [2.05, 4.69) is 0 Å². The Hall–Kier alpha value is -1.44. The Morgan fingerprint density at radius 2 is 2.06 bits per heavy atom. The maximum absolute atomic E-state index is 11.2. The Kier molecular flexibility index (Phi) is 3.99. The molecule has 0 saturated heterocycles. The van der Waals surface area contributed by atoms with Crippen LogP contribution in [0, 0.1) is 11.3 Å². The fourth-order valence-corrected chi connectivity index (χ4v) is 1.63. The molecule has 84 valence electrons. The van der Waals surface area contributed by atoms with Crippen LogP contribution >= 0.6 is 23.2 Å². The van der Waals surface area contributed by atoms with Gasteiger partial charge in [0.1, 0.15) is 5.75 Å². The van der Waals surface area contributed by atoms with E-state index < -0.39 is 5.91 Å². The molecule has 1 rings (SSSR count). The van der Waals surface area contributed by atoms with Crippen LogP contribution in [-0.2, 0) is 4.79 Å². The van der Waals surface area contributed by atoms with Crippen molar-refractivity contribution < 1.29 is 9.53 Å². The van der Waals surface area contributed by atoms with E-state index in [1.807, 2.05) is 0 Å². The number of methoxy groups -OCH3 is 1. The minimum atomic E-state index is -0.719. The van der Waals surface area contributed by atoms with Gasteiger partial charge in [0.2, 0.25) is 0 Å². The number of hydrogen-bond donors (Lipinski definition) is 0. The average Bonchev–Trinajstić information content (AvgIpc) is 2.29. The smallest absolute Gasteiger partial charge is 0.329 e. The molecule has 1 aromatic rings. The number of hydrogen-bond acceptors (Lipinski definition) is 3. The molecule has 0 bridgehead atoms. The van der Waals surface area contributed by atoms with E-state index >= 15 is 0 Å². The summed E-state index contributed by atoms with van der Waals surface area (Å²) in [6, 6.07) is 4.45. The fraction of sp³-hybridized carbons (Fsp3) is 0.200. The lowest BCUT2D eigenvalue weighted by atomic mass is 10.2. The first-order valence-corrected chi connectivity index (χ1v) is 4.97. The van der Waals surface area contributed by atoms with Crippen LogP contribution in [-0.4, -0.2) is 20.1 Å². The predicted octanol–water partition coefficient (Wildman–Crippen LogP) is 2.49. The van der Waals surface area contributed by atoms with Gasteiger partial charge in [0.05, 0.1) is 22.8 Å². The highest BCUT2D eigenvalue weighted by Crippen LogP contribution is 2.35. The third kappa shape index (κ3) is 2.38. The first-order chi connectivity index (χ1) is 7.51. The van der Waals surface area contributed by atoms with Crippen LogP contribution in [0.25, 0.3) is 0 Å². The van der Waals surface area contributed by atoms with Crippen LogP contribution < -0.4 is 9.64 Å². The topological polar surface area (TPSA) is 53.3 Å². The Morgan fingerprint density at radius 3 is 2.56 bits per heavy atom. The number of ether oxygens (including phenoxy) is 1. The lowest BCUT2D eigenvalue weighted by Gasteiger charge is -2.16. The molecule has 0 fully saturated rings. The van der Waals surface area contributed by atoms with Gasteiger partial charge in [-0.25, -0.2) is 0 Å². The van der Waals surface area contributed by atoms with E-state index in [0.29, 0.717) is 16.5 Å². The van der Waals surface area contributed by atoms with Gasteiger partial charge in [-0.05, 0) is 6.07 Å². The molecule has 4 nitrogen and oxygen atoms in total. The highest BCUT2D eigenvalue weighted by atomic mass is 35.5. The van der Waals surface area contributed by atoms with Gasteiger partial charge in [-0.2, -0.15) is 5.26 Å². The van der Waals surface area contributed by atoms with Crippen LogP contribution in [0.3, 0.4) is 0 Å². The molecule has 6 heteroatoms. The first kappa shape index (κ1) is 12.6. The van der Waals surface area contributed by atoms with Crippen LogP contribution in [0.1, 0.15) is 0 Å². The van der Waals surface area contributed by atoms with Crippen molar-refractivity contribution >= 4 is 34.8 Å². The van der Waals surface area contributed by atoms with Gasteiger partial charge in [0.25, 0.3) is 0 Å². The molecule has 0 radical (unpaired) electrons. The Morgan fingerprint density at radius 1 is 1.44 bits per heavy atom. The third-order valence-corrected chi connectivity index (χ3v) is 2.58.